The van der Waals surface area contributed by atoms with E-state index in [1.54, 1.807) is 0 Å². The molecule has 0 radical (unpaired) electrons. The molecule has 0 aromatic carbocycles. The maximum Gasteiger partial charge on any atom is 0.335 e. The average Bonchev–Trinajstić information content (AvgIpc) is 2.15. The van der Waals surface area contributed by atoms with E-state index in [1.807, 2.05) is 27.7 Å². The summed E-state index contributed by atoms with van der Waals surface area (Å²) in [6.07, 6.45) is 1.49. The van der Waals surface area contributed by atoms with Gasteiger partial charge in [0, 0.05) is 6.61 Å². The molecule has 2 N–H and O–H groups in total. The first-order valence-corrected chi connectivity index (χ1v) is 6.32. The predicted octanol–water partition coefficient (Wildman–Crippen LogP) is 2.30. The minimum atomic E-state index is -1.10. The molecule has 0 saturated heterocycles. The van der Waals surface area contributed by atoms with Crippen molar-refractivity contribution in [2.24, 2.45) is 11.8 Å². The molecule has 4 nitrogen and oxygen atoms in total. The van der Waals surface area contributed by atoms with Crippen LogP contribution in [-0.4, -0.2) is 35.0 Å². The topological polar surface area (TPSA) is 66.8 Å². The van der Waals surface area contributed by atoms with Gasteiger partial charge in [0.1, 0.15) is 0 Å². The highest BCUT2D eigenvalue weighted by Gasteiger charge is 2.40. The Labute approximate surface area is 104 Å². The van der Waals surface area contributed by atoms with E-state index in [4.69, 9.17) is 9.84 Å². The second-order valence-electron chi connectivity index (χ2n) is 5.42. The molecular formula is C13H26O4. The number of ether oxygens (including phenoxy) is 1. The Morgan fingerprint density at radius 1 is 1.18 bits per heavy atom. The van der Waals surface area contributed by atoms with Crippen LogP contribution in [0.1, 0.15) is 47.0 Å². The lowest BCUT2D eigenvalue weighted by Crippen LogP contribution is -2.44. The largest absolute Gasteiger partial charge is 0.479 e. The van der Waals surface area contributed by atoms with Crippen molar-refractivity contribution >= 4 is 5.97 Å². The molecule has 0 aromatic heterocycles. The number of hydrogen-bond donors (Lipinski definition) is 2. The van der Waals surface area contributed by atoms with Gasteiger partial charge in [0.15, 0.2) is 5.60 Å². The highest BCUT2D eigenvalue weighted by atomic mass is 16.5. The number of carboxylic acid groups (broad SMARTS) is 1. The lowest BCUT2D eigenvalue weighted by Gasteiger charge is -2.32. The molecule has 0 saturated carbocycles. The zero-order valence-electron chi connectivity index (χ0n) is 11.4. The van der Waals surface area contributed by atoms with E-state index in [1.165, 1.54) is 0 Å². The third kappa shape index (κ3) is 6.03. The quantitative estimate of drug-likeness (QED) is 0.613. The highest BCUT2D eigenvalue weighted by Crippen LogP contribution is 2.29. The molecule has 0 heterocycles. The number of hydrogen-bond acceptors (Lipinski definition) is 3. The van der Waals surface area contributed by atoms with E-state index >= 15 is 0 Å². The molecule has 0 aliphatic heterocycles. The fourth-order valence-corrected chi connectivity index (χ4v) is 2.09. The van der Waals surface area contributed by atoms with E-state index in [0.717, 1.165) is 0 Å². The summed E-state index contributed by atoms with van der Waals surface area (Å²) in [4.78, 5) is 11.5. The van der Waals surface area contributed by atoms with Crippen LogP contribution in [-0.2, 0) is 9.53 Å². The number of rotatable bonds is 9. The van der Waals surface area contributed by atoms with Gasteiger partial charge in [-0.2, -0.15) is 0 Å². The maximum absolute atomic E-state index is 11.5. The van der Waals surface area contributed by atoms with Gasteiger partial charge in [-0.3, -0.25) is 0 Å². The van der Waals surface area contributed by atoms with Gasteiger partial charge < -0.3 is 14.9 Å². The molecule has 102 valence electrons. The predicted molar refractivity (Wildman–Crippen MR) is 66.9 cm³/mol. The van der Waals surface area contributed by atoms with Gasteiger partial charge in [-0.05, 0) is 31.1 Å². The molecule has 0 atom stereocenters. The van der Waals surface area contributed by atoms with Crippen LogP contribution in [0, 0.1) is 11.8 Å². The van der Waals surface area contributed by atoms with Crippen molar-refractivity contribution in [3.05, 3.63) is 0 Å². The molecule has 0 rings (SSSR count). The van der Waals surface area contributed by atoms with Gasteiger partial charge in [0.2, 0.25) is 0 Å². The molecule has 17 heavy (non-hydrogen) atoms. The van der Waals surface area contributed by atoms with E-state index in [0.29, 0.717) is 25.9 Å². The van der Waals surface area contributed by atoms with Crippen molar-refractivity contribution in [1.82, 2.24) is 0 Å². The van der Waals surface area contributed by atoms with Crippen LogP contribution in [0.4, 0.5) is 0 Å². The molecule has 4 heteroatoms. The first-order chi connectivity index (χ1) is 7.84. The van der Waals surface area contributed by atoms with Crippen molar-refractivity contribution in [1.29, 1.82) is 0 Å². The van der Waals surface area contributed by atoms with Crippen molar-refractivity contribution in [3.8, 4) is 0 Å². The Kier molecular flexibility index (Phi) is 7.39. The summed E-state index contributed by atoms with van der Waals surface area (Å²) < 4.78 is 5.59. The van der Waals surface area contributed by atoms with E-state index in [-0.39, 0.29) is 18.4 Å². The lowest BCUT2D eigenvalue weighted by atomic mass is 9.85. The summed E-state index contributed by atoms with van der Waals surface area (Å²) in [6, 6.07) is 0. The summed E-state index contributed by atoms with van der Waals surface area (Å²) in [5.41, 5.74) is -1.10. The summed E-state index contributed by atoms with van der Waals surface area (Å²) in [5, 5.41) is 18.2. The van der Waals surface area contributed by atoms with E-state index < -0.39 is 11.6 Å². The second kappa shape index (κ2) is 7.67. The molecule has 0 spiro atoms. The molecule has 0 amide bonds. The Morgan fingerprint density at radius 2 is 1.65 bits per heavy atom. The Bertz CT molecular complexity index is 213. The minimum Gasteiger partial charge on any atom is -0.479 e. The normalized spacial score (nSPS) is 12.4. The minimum absolute atomic E-state index is 0.0268. The number of carboxylic acids is 1. The zero-order chi connectivity index (χ0) is 13.5. The average molecular weight is 246 g/mol. The van der Waals surface area contributed by atoms with Crippen LogP contribution in [0.5, 0.6) is 0 Å². The van der Waals surface area contributed by atoms with Crippen LogP contribution in [0.2, 0.25) is 0 Å². The van der Waals surface area contributed by atoms with Crippen molar-refractivity contribution in [2.45, 2.75) is 52.6 Å². The van der Waals surface area contributed by atoms with Crippen LogP contribution >= 0.6 is 0 Å². The number of aliphatic hydroxyl groups is 1. The van der Waals surface area contributed by atoms with Crippen LogP contribution in [0.3, 0.4) is 0 Å². The summed E-state index contributed by atoms with van der Waals surface area (Å²) >= 11 is 0. The second-order valence-corrected chi connectivity index (χ2v) is 5.42. The van der Waals surface area contributed by atoms with Gasteiger partial charge in [0.25, 0.3) is 0 Å². The van der Waals surface area contributed by atoms with E-state index in [2.05, 4.69) is 0 Å². The van der Waals surface area contributed by atoms with Crippen LogP contribution in [0.25, 0.3) is 0 Å². The molecule has 0 bridgehead atoms. The molecule has 0 fully saturated rings. The molecule has 0 unspecified atom stereocenters. The van der Waals surface area contributed by atoms with Crippen LogP contribution in [0.15, 0.2) is 0 Å². The van der Waals surface area contributed by atoms with Crippen molar-refractivity contribution < 1.29 is 19.7 Å². The third-order valence-corrected chi connectivity index (χ3v) is 2.55. The fraction of sp³-hybridized carbons (Fsp3) is 0.923. The SMILES string of the molecule is CC(C)CC(CC(C)C)(OCCCO)C(=O)O. The molecule has 0 aliphatic carbocycles. The highest BCUT2D eigenvalue weighted by molar-refractivity contribution is 5.77. The molecular weight excluding hydrogens is 220 g/mol. The van der Waals surface area contributed by atoms with Crippen molar-refractivity contribution in [2.75, 3.05) is 13.2 Å². The Morgan fingerprint density at radius 3 is 1.94 bits per heavy atom. The Hall–Kier alpha value is -0.610. The standard InChI is InChI=1S/C13H26O4/c1-10(2)8-13(12(15)16,9-11(3)4)17-7-5-6-14/h10-11,14H,5-9H2,1-4H3,(H,15,16). The fourth-order valence-electron chi connectivity index (χ4n) is 2.09. The summed E-state index contributed by atoms with van der Waals surface area (Å²) in [7, 11) is 0. The number of carbonyl (C=O) groups is 1. The summed E-state index contributed by atoms with van der Waals surface area (Å²) in [5.74, 6) is -0.365. The molecule has 0 aromatic rings. The number of aliphatic carboxylic acids is 1. The molecule has 0 aliphatic rings. The van der Waals surface area contributed by atoms with E-state index in [9.17, 15) is 9.90 Å². The monoisotopic (exact) mass is 246 g/mol. The van der Waals surface area contributed by atoms with Gasteiger partial charge in [0.05, 0.1) is 6.61 Å². The maximum atomic E-state index is 11.5. The van der Waals surface area contributed by atoms with Crippen molar-refractivity contribution in [3.63, 3.8) is 0 Å². The zero-order valence-corrected chi connectivity index (χ0v) is 11.4. The van der Waals surface area contributed by atoms with Gasteiger partial charge in [-0.25, -0.2) is 4.79 Å². The van der Waals surface area contributed by atoms with Gasteiger partial charge in [-0.15, -0.1) is 0 Å². The first-order valence-electron chi connectivity index (χ1n) is 6.32. The van der Waals surface area contributed by atoms with Gasteiger partial charge >= 0.3 is 5.97 Å². The van der Waals surface area contributed by atoms with Gasteiger partial charge in [-0.1, -0.05) is 27.7 Å². The summed E-state index contributed by atoms with van der Waals surface area (Å²) in [6.45, 7) is 8.29. The smallest absolute Gasteiger partial charge is 0.335 e. The third-order valence-electron chi connectivity index (χ3n) is 2.55. The number of aliphatic hydroxyl groups excluding tert-OH is 1. The van der Waals surface area contributed by atoms with Crippen LogP contribution < -0.4 is 0 Å². The first kappa shape index (κ1) is 16.4. The Balaban J connectivity index is 4.75. The lowest BCUT2D eigenvalue weighted by molar-refractivity contribution is -0.171.